The number of aromatic nitrogens is 3. The Bertz CT molecular complexity index is 501. The smallest absolute Gasteiger partial charge is 0.278 e. The van der Waals surface area contributed by atoms with Gasteiger partial charge >= 0.3 is 0 Å². The minimum absolute atomic E-state index is 0.437. The molecular formula is C11H13N5O. The molecule has 6 nitrogen and oxygen atoms in total. The van der Waals surface area contributed by atoms with E-state index in [0.717, 1.165) is 13.1 Å². The van der Waals surface area contributed by atoms with Crippen LogP contribution in [0.5, 0.6) is 0 Å². The molecule has 1 fully saturated rings. The van der Waals surface area contributed by atoms with E-state index < -0.39 is 0 Å². The van der Waals surface area contributed by atoms with Crippen LogP contribution in [0.4, 0.5) is 11.6 Å². The van der Waals surface area contributed by atoms with Crippen LogP contribution in [0.1, 0.15) is 12.8 Å². The summed E-state index contributed by atoms with van der Waals surface area (Å²) in [6.45, 7) is 1.99. The van der Waals surface area contributed by atoms with Gasteiger partial charge in [-0.3, -0.25) is 0 Å². The third kappa shape index (κ3) is 1.93. The highest BCUT2D eigenvalue weighted by atomic mass is 16.5. The van der Waals surface area contributed by atoms with Gasteiger partial charge in [0, 0.05) is 13.1 Å². The van der Waals surface area contributed by atoms with Crippen LogP contribution in [0, 0.1) is 0 Å². The fourth-order valence-electron chi connectivity index (χ4n) is 1.90. The van der Waals surface area contributed by atoms with E-state index in [1.165, 1.54) is 12.8 Å². The van der Waals surface area contributed by atoms with Crippen molar-refractivity contribution in [3.63, 3.8) is 0 Å². The number of rotatable bonds is 2. The Kier molecular flexibility index (Phi) is 2.40. The number of hydrogen-bond acceptors (Lipinski definition) is 6. The fourth-order valence-corrected chi connectivity index (χ4v) is 1.90. The zero-order chi connectivity index (χ0) is 11.7. The summed E-state index contributed by atoms with van der Waals surface area (Å²) < 4.78 is 5.20. The third-order valence-corrected chi connectivity index (χ3v) is 2.81. The number of nitrogen functional groups attached to an aromatic ring is 1. The first-order chi connectivity index (χ1) is 8.33. The van der Waals surface area contributed by atoms with Crippen LogP contribution in [0.2, 0.25) is 0 Å². The van der Waals surface area contributed by atoms with Crippen molar-refractivity contribution in [1.82, 2.24) is 15.1 Å². The van der Waals surface area contributed by atoms with Gasteiger partial charge in [0.2, 0.25) is 0 Å². The topological polar surface area (TPSA) is 81.1 Å². The van der Waals surface area contributed by atoms with Crippen LogP contribution < -0.4 is 10.6 Å². The van der Waals surface area contributed by atoms with Crippen molar-refractivity contribution in [1.29, 1.82) is 0 Å². The van der Waals surface area contributed by atoms with Gasteiger partial charge in [0.1, 0.15) is 5.69 Å². The first-order valence-electron chi connectivity index (χ1n) is 5.63. The number of nitrogens with zero attached hydrogens (tertiary/aromatic N) is 4. The predicted octanol–water partition coefficient (Wildman–Crippen LogP) is 1.31. The first kappa shape index (κ1) is 10.1. The molecule has 0 atom stereocenters. The van der Waals surface area contributed by atoms with Crippen molar-refractivity contribution in [2.45, 2.75) is 12.8 Å². The van der Waals surface area contributed by atoms with E-state index in [0.29, 0.717) is 23.2 Å². The standard InChI is InChI=1S/C11H13N5O/c12-8-3-4-9(13-7-8)10-14-11(15-17-10)16-5-1-2-6-16/h3-4,7H,1-2,5-6,12H2. The molecule has 3 heterocycles. The fraction of sp³-hybridized carbons (Fsp3) is 0.364. The van der Waals surface area contributed by atoms with Gasteiger partial charge < -0.3 is 15.2 Å². The lowest BCUT2D eigenvalue weighted by Gasteiger charge is -2.09. The summed E-state index contributed by atoms with van der Waals surface area (Å²) in [5.74, 6) is 1.09. The summed E-state index contributed by atoms with van der Waals surface area (Å²) in [4.78, 5) is 10.6. The van der Waals surface area contributed by atoms with Crippen LogP contribution in [0.15, 0.2) is 22.9 Å². The van der Waals surface area contributed by atoms with E-state index >= 15 is 0 Å². The van der Waals surface area contributed by atoms with E-state index in [1.54, 1.807) is 18.3 Å². The van der Waals surface area contributed by atoms with Crippen LogP contribution in [0.25, 0.3) is 11.6 Å². The average molecular weight is 231 g/mol. The largest absolute Gasteiger partial charge is 0.397 e. The Morgan fingerprint density at radius 3 is 2.76 bits per heavy atom. The van der Waals surface area contributed by atoms with Crippen molar-refractivity contribution < 1.29 is 4.52 Å². The molecule has 88 valence electrons. The van der Waals surface area contributed by atoms with Gasteiger partial charge in [-0.2, -0.15) is 4.98 Å². The van der Waals surface area contributed by atoms with Crippen LogP contribution in [0.3, 0.4) is 0 Å². The molecule has 0 radical (unpaired) electrons. The Labute approximate surface area is 98.4 Å². The lowest BCUT2D eigenvalue weighted by molar-refractivity contribution is 0.429. The zero-order valence-corrected chi connectivity index (χ0v) is 9.33. The van der Waals surface area contributed by atoms with Gasteiger partial charge in [-0.1, -0.05) is 0 Å². The van der Waals surface area contributed by atoms with Gasteiger partial charge in [-0.15, -0.1) is 0 Å². The van der Waals surface area contributed by atoms with E-state index in [2.05, 4.69) is 20.0 Å². The molecule has 0 spiro atoms. The van der Waals surface area contributed by atoms with Gasteiger partial charge in [-0.25, -0.2) is 4.98 Å². The number of pyridine rings is 1. The minimum atomic E-state index is 0.437. The molecule has 3 rings (SSSR count). The average Bonchev–Trinajstić information content (AvgIpc) is 3.00. The van der Waals surface area contributed by atoms with E-state index in [9.17, 15) is 0 Å². The van der Waals surface area contributed by atoms with Gasteiger partial charge in [0.25, 0.3) is 11.8 Å². The van der Waals surface area contributed by atoms with E-state index in [4.69, 9.17) is 10.3 Å². The van der Waals surface area contributed by atoms with Crippen molar-refractivity contribution in [2.24, 2.45) is 0 Å². The lowest BCUT2D eigenvalue weighted by atomic mass is 10.3. The summed E-state index contributed by atoms with van der Waals surface area (Å²) >= 11 is 0. The highest BCUT2D eigenvalue weighted by Gasteiger charge is 2.18. The number of hydrogen-bond donors (Lipinski definition) is 1. The molecule has 0 aromatic carbocycles. The van der Waals surface area contributed by atoms with Crippen molar-refractivity contribution in [3.05, 3.63) is 18.3 Å². The summed E-state index contributed by atoms with van der Waals surface area (Å²) in [5, 5.41) is 3.97. The summed E-state index contributed by atoms with van der Waals surface area (Å²) in [7, 11) is 0. The first-order valence-corrected chi connectivity index (χ1v) is 5.63. The normalized spacial score (nSPS) is 15.4. The van der Waals surface area contributed by atoms with Gasteiger partial charge in [-0.05, 0) is 30.1 Å². The number of anilines is 2. The Morgan fingerprint density at radius 2 is 2.06 bits per heavy atom. The molecule has 17 heavy (non-hydrogen) atoms. The molecular weight excluding hydrogens is 218 g/mol. The van der Waals surface area contributed by atoms with E-state index in [-0.39, 0.29) is 0 Å². The lowest BCUT2D eigenvalue weighted by Crippen LogP contribution is -2.18. The molecule has 1 saturated heterocycles. The van der Waals surface area contributed by atoms with Crippen molar-refractivity contribution >= 4 is 11.6 Å². The molecule has 0 saturated carbocycles. The maximum atomic E-state index is 5.57. The molecule has 2 aromatic heterocycles. The van der Waals surface area contributed by atoms with Crippen molar-refractivity contribution in [2.75, 3.05) is 23.7 Å². The Hall–Kier alpha value is -2.11. The summed E-state index contributed by atoms with van der Waals surface area (Å²) in [5.41, 5.74) is 6.84. The van der Waals surface area contributed by atoms with Crippen LogP contribution in [-0.4, -0.2) is 28.2 Å². The second kappa shape index (κ2) is 4.04. The molecule has 2 N–H and O–H groups in total. The SMILES string of the molecule is Nc1ccc(-c2nc(N3CCCC3)no2)nc1. The maximum absolute atomic E-state index is 5.57. The molecule has 0 aliphatic carbocycles. The Morgan fingerprint density at radius 1 is 1.24 bits per heavy atom. The summed E-state index contributed by atoms with van der Waals surface area (Å²) in [6.07, 6.45) is 3.95. The van der Waals surface area contributed by atoms with Crippen LogP contribution >= 0.6 is 0 Å². The molecule has 1 aliphatic heterocycles. The molecule has 0 unspecified atom stereocenters. The molecule has 0 amide bonds. The highest BCUT2D eigenvalue weighted by molar-refractivity contribution is 5.52. The summed E-state index contributed by atoms with van der Waals surface area (Å²) in [6, 6.07) is 3.54. The van der Waals surface area contributed by atoms with Gasteiger partial charge in [0.05, 0.1) is 11.9 Å². The molecule has 0 bridgehead atoms. The zero-order valence-electron chi connectivity index (χ0n) is 9.33. The van der Waals surface area contributed by atoms with Gasteiger partial charge in [0.15, 0.2) is 0 Å². The molecule has 2 aromatic rings. The second-order valence-electron chi connectivity index (χ2n) is 4.07. The quantitative estimate of drug-likeness (QED) is 0.839. The van der Waals surface area contributed by atoms with E-state index in [1.807, 2.05) is 0 Å². The van der Waals surface area contributed by atoms with Crippen molar-refractivity contribution in [3.8, 4) is 11.6 Å². The van der Waals surface area contributed by atoms with Crippen LogP contribution in [-0.2, 0) is 0 Å². The Balaban J connectivity index is 1.86. The predicted molar refractivity (Wildman–Crippen MR) is 63.4 cm³/mol. The second-order valence-corrected chi connectivity index (χ2v) is 4.07. The molecule has 6 heteroatoms. The molecule has 1 aliphatic rings. The monoisotopic (exact) mass is 231 g/mol. The maximum Gasteiger partial charge on any atom is 0.278 e. The third-order valence-electron chi connectivity index (χ3n) is 2.81. The number of nitrogens with two attached hydrogens (primary N) is 1. The highest BCUT2D eigenvalue weighted by Crippen LogP contribution is 2.21. The minimum Gasteiger partial charge on any atom is -0.397 e.